The number of hydrogen-bond acceptors (Lipinski definition) is 0. The van der Waals surface area contributed by atoms with E-state index in [0.29, 0.717) is 0 Å². The van der Waals surface area contributed by atoms with Crippen molar-refractivity contribution in [2.24, 2.45) is 5.92 Å². The molecular weight excluding hydrogens is 115 g/mol. The van der Waals surface area contributed by atoms with Gasteiger partial charge in [-0.3, -0.25) is 0 Å². The van der Waals surface area contributed by atoms with Gasteiger partial charge in [-0.2, -0.15) is 0 Å². The molecule has 0 aromatic carbocycles. The van der Waals surface area contributed by atoms with Crippen LogP contribution in [-0.2, 0) is 0 Å². The SMILES string of the molecule is CC1=CC(F)=CC(C)[CH]1. The minimum absolute atomic E-state index is 0.109. The predicted molar refractivity (Wildman–Crippen MR) is 36.4 cm³/mol. The highest BCUT2D eigenvalue weighted by molar-refractivity contribution is 5.29. The van der Waals surface area contributed by atoms with Gasteiger partial charge in [0, 0.05) is 0 Å². The Labute approximate surface area is 55.1 Å². The first-order valence-electron chi connectivity index (χ1n) is 3.09. The van der Waals surface area contributed by atoms with Crippen LogP contribution in [-0.4, -0.2) is 0 Å². The molecule has 0 aromatic rings. The molecule has 0 N–H and O–H groups in total. The molecule has 0 amide bonds. The van der Waals surface area contributed by atoms with Gasteiger partial charge in [0.15, 0.2) is 0 Å². The van der Waals surface area contributed by atoms with E-state index in [9.17, 15) is 4.39 Å². The summed E-state index contributed by atoms with van der Waals surface area (Å²) in [6, 6.07) is 0. The summed E-state index contributed by atoms with van der Waals surface area (Å²) < 4.78 is 12.4. The van der Waals surface area contributed by atoms with Gasteiger partial charge in [0.25, 0.3) is 0 Å². The topological polar surface area (TPSA) is 0 Å². The number of halogens is 1. The zero-order valence-corrected chi connectivity index (χ0v) is 5.69. The van der Waals surface area contributed by atoms with Crippen molar-refractivity contribution in [2.45, 2.75) is 13.8 Å². The van der Waals surface area contributed by atoms with Crippen molar-refractivity contribution in [1.82, 2.24) is 0 Å². The monoisotopic (exact) mass is 125 g/mol. The first-order chi connectivity index (χ1) is 4.18. The number of hydrogen-bond donors (Lipinski definition) is 0. The molecule has 0 nitrogen and oxygen atoms in total. The highest BCUT2D eigenvalue weighted by Crippen LogP contribution is 2.20. The van der Waals surface area contributed by atoms with Gasteiger partial charge in [-0.15, -0.1) is 0 Å². The van der Waals surface area contributed by atoms with Crippen molar-refractivity contribution in [2.75, 3.05) is 0 Å². The molecule has 0 bridgehead atoms. The molecule has 1 heteroatoms. The maximum absolute atomic E-state index is 12.4. The first kappa shape index (κ1) is 6.53. The van der Waals surface area contributed by atoms with Gasteiger partial charge in [-0.1, -0.05) is 12.5 Å². The zero-order valence-electron chi connectivity index (χ0n) is 5.69. The molecule has 0 saturated carbocycles. The van der Waals surface area contributed by atoms with Crippen LogP contribution in [0.15, 0.2) is 23.6 Å². The lowest BCUT2D eigenvalue weighted by Crippen LogP contribution is -1.97. The molecule has 0 saturated heterocycles. The molecular formula is C8H10F. The largest absolute Gasteiger partial charge is 0.207 e. The van der Waals surface area contributed by atoms with Crippen LogP contribution < -0.4 is 0 Å². The molecule has 1 unspecified atom stereocenters. The molecule has 1 atom stereocenters. The molecule has 0 heterocycles. The summed E-state index contributed by atoms with van der Waals surface area (Å²) in [7, 11) is 0. The summed E-state index contributed by atoms with van der Waals surface area (Å²) in [5, 5.41) is 0. The van der Waals surface area contributed by atoms with Crippen molar-refractivity contribution in [3.8, 4) is 0 Å². The fraction of sp³-hybridized carbons (Fsp3) is 0.375. The Morgan fingerprint density at radius 3 is 2.67 bits per heavy atom. The van der Waals surface area contributed by atoms with Crippen LogP contribution in [0.4, 0.5) is 4.39 Å². The van der Waals surface area contributed by atoms with Crippen molar-refractivity contribution in [3.05, 3.63) is 30.0 Å². The van der Waals surface area contributed by atoms with E-state index >= 15 is 0 Å². The highest BCUT2D eigenvalue weighted by Gasteiger charge is 2.07. The second kappa shape index (κ2) is 2.34. The third-order valence-corrected chi connectivity index (χ3v) is 1.31. The van der Waals surface area contributed by atoms with Gasteiger partial charge in [-0.05, 0) is 31.4 Å². The van der Waals surface area contributed by atoms with Gasteiger partial charge < -0.3 is 0 Å². The van der Waals surface area contributed by atoms with Gasteiger partial charge in [0.05, 0.1) is 0 Å². The van der Waals surface area contributed by atoms with Gasteiger partial charge in [-0.25, -0.2) is 4.39 Å². The molecule has 1 radical (unpaired) electrons. The van der Waals surface area contributed by atoms with Crippen molar-refractivity contribution < 1.29 is 4.39 Å². The van der Waals surface area contributed by atoms with Gasteiger partial charge in [0.2, 0.25) is 0 Å². The molecule has 0 aliphatic heterocycles. The van der Waals surface area contributed by atoms with E-state index in [1.165, 1.54) is 0 Å². The molecule has 1 rings (SSSR count). The fourth-order valence-corrected chi connectivity index (χ4v) is 1.03. The van der Waals surface area contributed by atoms with E-state index in [-0.39, 0.29) is 11.7 Å². The lowest BCUT2D eigenvalue weighted by molar-refractivity contribution is 0.637. The highest BCUT2D eigenvalue weighted by atomic mass is 19.1. The van der Waals surface area contributed by atoms with Crippen LogP contribution >= 0.6 is 0 Å². The third kappa shape index (κ3) is 1.67. The Morgan fingerprint density at radius 2 is 2.22 bits per heavy atom. The Hall–Kier alpha value is -0.590. The van der Waals surface area contributed by atoms with E-state index < -0.39 is 0 Å². The molecule has 1 aliphatic rings. The van der Waals surface area contributed by atoms with Crippen LogP contribution in [0.3, 0.4) is 0 Å². The van der Waals surface area contributed by atoms with E-state index in [2.05, 4.69) is 0 Å². The van der Waals surface area contributed by atoms with Crippen LogP contribution in [0.5, 0.6) is 0 Å². The molecule has 0 fully saturated rings. The zero-order chi connectivity index (χ0) is 6.85. The molecule has 1 aliphatic carbocycles. The molecule has 49 valence electrons. The first-order valence-corrected chi connectivity index (χ1v) is 3.09. The van der Waals surface area contributed by atoms with Crippen LogP contribution in [0.25, 0.3) is 0 Å². The fourth-order valence-electron chi connectivity index (χ4n) is 1.03. The summed E-state index contributed by atoms with van der Waals surface area (Å²) in [4.78, 5) is 0. The Balaban J connectivity index is 2.74. The van der Waals surface area contributed by atoms with Gasteiger partial charge >= 0.3 is 0 Å². The number of rotatable bonds is 0. The smallest absolute Gasteiger partial charge is 0.119 e. The molecule has 0 spiro atoms. The van der Waals surface area contributed by atoms with Crippen LogP contribution in [0.1, 0.15) is 13.8 Å². The minimum Gasteiger partial charge on any atom is -0.207 e. The van der Waals surface area contributed by atoms with E-state index in [4.69, 9.17) is 0 Å². The lowest BCUT2D eigenvalue weighted by Gasteiger charge is -2.10. The average Bonchev–Trinajstić information content (AvgIpc) is 1.59. The third-order valence-electron chi connectivity index (χ3n) is 1.31. The van der Waals surface area contributed by atoms with Crippen molar-refractivity contribution in [1.29, 1.82) is 0 Å². The summed E-state index contributed by atoms with van der Waals surface area (Å²) in [6.07, 6.45) is 5.18. The van der Waals surface area contributed by atoms with E-state index in [1.54, 1.807) is 12.2 Å². The summed E-state index contributed by atoms with van der Waals surface area (Å²) in [5.41, 5.74) is 1.02. The molecule has 9 heavy (non-hydrogen) atoms. The van der Waals surface area contributed by atoms with Gasteiger partial charge in [0.1, 0.15) is 5.83 Å². The predicted octanol–water partition coefficient (Wildman–Crippen LogP) is 2.64. The summed E-state index contributed by atoms with van der Waals surface area (Å²) in [5.74, 6) is 0.150. The maximum Gasteiger partial charge on any atom is 0.119 e. The standard InChI is InChI=1S/C8H10F/c1-6-3-7(2)5-8(9)4-6/h3-6H,1-2H3. The van der Waals surface area contributed by atoms with E-state index in [1.807, 2.05) is 20.3 Å². The lowest BCUT2D eigenvalue weighted by atomic mass is 9.97. The summed E-state index contributed by atoms with van der Waals surface area (Å²) >= 11 is 0. The van der Waals surface area contributed by atoms with Crippen LogP contribution in [0, 0.1) is 12.3 Å². The summed E-state index contributed by atoms with van der Waals surface area (Å²) in [6.45, 7) is 3.87. The Kier molecular flexibility index (Phi) is 1.70. The second-order valence-electron chi connectivity index (χ2n) is 2.47. The van der Waals surface area contributed by atoms with E-state index in [0.717, 1.165) is 5.57 Å². The maximum atomic E-state index is 12.4. The quantitative estimate of drug-likeness (QED) is 0.467. The van der Waals surface area contributed by atoms with Crippen molar-refractivity contribution in [3.63, 3.8) is 0 Å². The number of allylic oxidation sites excluding steroid dienone is 4. The van der Waals surface area contributed by atoms with Crippen molar-refractivity contribution >= 4 is 0 Å². The Morgan fingerprint density at radius 1 is 1.56 bits per heavy atom. The average molecular weight is 125 g/mol. The minimum atomic E-state index is -0.109. The normalized spacial score (nSPS) is 27.2. The second-order valence-corrected chi connectivity index (χ2v) is 2.47. The molecule has 0 aromatic heterocycles. The van der Waals surface area contributed by atoms with Crippen LogP contribution in [0.2, 0.25) is 0 Å². The Bertz CT molecular complexity index is 165.